The summed E-state index contributed by atoms with van der Waals surface area (Å²) in [6.45, 7) is 3.84. The van der Waals surface area contributed by atoms with Gasteiger partial charge in [-0.25, -0.2) is 4.68 Å². The van der Waals surface area contributed by atoms with Crippen molar-refractivity contribution < 1.29 is 19.4 Å². The second-order valence-electron chi connectivity index (χ2n) is 7.21. The molecule has 0 spiro atoms. The van der Waals surface area contributed by atoms with Crippen molar-refractivity contribution in [3.05, 3.63) is 57.7 Å². The molecule has 0 saturated heterocycles. The minimum absolute atomic E-state index is 0.0662. The van der Waals surface area contributed by atoms with Gasteiger partial charge in [-0.2, -0.15) is 5.10 Å². The fraction of sp³-hybridized carbons (Fsp3) is 0.273. The molecule has 2 heterocycles. The van der Waals surface area contributed by atoms with Crippen molar-refractivity contribution in [2.45, 2.75) is 19.1 Å². The molecule has 2 aromatic carbocycles. The predicted molar refractivity (Wildman–Crippen MR) is 122 cm³/mol. The number of benzene rings is 2. The molecule has 4 rings (SSSR count). The molecule has 0 unspecified atom stereocenters. The highest BCUT2D eigenvalue weighted by Gasteiger charge is 2.32. The van der Waals surface area contributed by atoms with Gasteiger partial charge in [0.05, 0.1) is 36.6 Å². The smallest absolute Gasteiger partial charge is 0.235 e. The molecule has 0 aliphatic carbocycles. The number of aromatic hydroxyl groups is 1. The third kappa shape index (κ3) is 3.81. The lowest BCUT2D eigenvalue weighted by atomic mass is 10.0. The van der Waals surface area contributed by atoms with E-state index in [0.29, 0.717) is 22.3 Å². The van der Waals surface area contributed by atoms with E-state index >= 15 is 0 Å². The Bertz CT molecular complexity index is 1150. The predicted octanol–water partition coefficient (Wildman–Crippen LogP) is 4.64. The topological polar surface area (TPSA) is 85.6 Å². The van der Waals surface area contributed by atoms with E-state index < -0.39 is 0 Å². The standard InChI is InChI=1S/C22H22ClN3O4S/c1-11-5-6-14(9-15(11)23)26-22-19(12(2)25-26)21(31-10-18(27)24-22)13-7-16(29-3)20(28)17(8-13)30-4/h5-9,21,28H,10H2,1-4H3,(H,24,27)/t21-/m1/s1. The molecule has 3 aromatic rings. The minimum atomic E-state index is -0.230. The molecule has 1 aliphatic rings. The monoisotopic (exact) mass is 459 g/mol. The summed E-state index contributed by atoms with van der Waals surface area (Å²) in [7, 11) is 2.97. The molecule has 2 N–H and O–H groups in total. The average Bonchev–Trinajstić information content (AvgIpc) is 2.95. The lowest BCUT2D eigenvalue weighted by molar-refractivity contribution is -0.113. The molecule has 162 valence electrons. The average molecular weight is 460 g/mol. The van der Waals surface area contributed by atoms with E-state index in [-0.39, 0.29) is 22.7 Å². The van der Waals surface area contributed by atoms with E-state index in [1.165, 1.54) is 26.0 Å². The van der Waals surface area contributed by atoms with Gasteiger partial charge >= 0.3 is 0 Å². The van der Waals surface area contributed by atoms with Crippen LogP contribution in [-0.2, 0) is 4.79 Å². The van der Waals surface area contributed by atoms with Gasteiger partial charge in [-0.3, -0.25) is 4.79 Å². The molecule has 7 nitrogen and oxygen atoms in total. The van der Waals surface area contributed by atoms with Crippen LogP contribution in [0.25, 0.3) is 5.69 Å². The number of hydrogen-bond acceptors (Lipinski definition) is 6. The van der Waals surface area contributed by atoms with Crippen molar-refractivity contribution >= 4 is 35.1 Å². The van der Waals surface area contributed by atoms with Gasteiger partial charge in [-0.05, 0) is 49.2 Å². The van der Waals surface area contributed by atoms with Crippen LogP contribution in [0.2, 0.25) is 5.02 Å². The van der Waals surface area contributed by atoms with Gasteiger partial charge in [0.15, 0.2) is 11.5 Å². The Hall–Kier alpha value is -2.84. The number of carbonyl (C=O) groups is 1. The van der Waals surface area contributed by atoms with Crippen LogP contribution in [0.1, 0.15) is 27.6 Å². The number of ether oxygens (including phenoxy) is 2. The number of rotatable bonds is 4. The molecule has 9 heteroatoms. The highest BCUT2D eigenvalue weighted by molar-refractivity contribution is 8.00. The van der Waals surface area contributed by atoms with Crippen molar-refractivity contribution in [2.24, 2.45) is 0 Å². The summed E-state index contributed by atoms with van der Waals surface area (Å²) < 4.78 is 12.4. The summed E-state index contributed by atoms with van der Waals surface area (Å²) in [6, 6.07) is 9.18. The number of carbonyl (C=O) groups excluding carboxylic acids is 1. The Balaban J connectivity index is 1.91. The van der Waals surface area contributed by atoms with Crippen LogP contribution in [0.4, 0.5) is 5.82 Å². The van der Waals surface area contributed by atoms with E-state index in [2.05, 4.69) is 5.32 Å². The fourth-order valence-corrected chi connectivity index (χ4v) is 4.95. The second kappa shape index (κ2) is 8.36. The van der Waals surface area contributed by atoms with Crippen LogP contribution in [0.15, 0.2) is 30.3 Å². The van der Waals surface area contributed by atoms with E-state index in [1.54, 1.807) is 16.8 Å². The lowest BCUT2D eigenvalue weighted by Crippen LogP contribution is -2.15. The summed E-state index contributed by atoms with van der Waals surface area (Å²) in [5.74, 6) is 1.28. The van der Waals surface area contributed by atoms with Gasteiger partial charge in [0.2, 0.25) is 11.7 Å². The Kier molecular flexibility index (Phi) is 5.77. The number of phenolic OH excluding ortho intramolecular Hbond substituents is 1. The number of thioether (sulfide) groups is 1. The van der Waals surface area contributed by atoms with Crippen LogP contribution >= 0.6 is 23.4 Å². The van der Waals surface area contributed by atoms with Crippen LogP contribution in [-0.4, -0.2) is 40.8 Å². The van der Waals surface area contributed by atoms with Crippen molar-refractivity contribution in [1.29, 1.82) is 0 Å². The lowest BCUT2D eigenvalue weighted by Gasteiger charge is -2.18. The maximum absolute atomic E-state index is 12.5. The number of phenols is 1. The highest BCUT2D eigenvalue weighted by atomic mass is 35.5. The minimum Gasteiger partial charge on any atom is -0.502 e. The Morgan fingerprint density at radius 1 is 1.19 bits per heavy atom. The molecule has 0 bridgehead atoms. The van der Waals surface area contributed by atoms with Gasteiger partial charge in [0, 0.05) is 10.6 Å². The normalized spacial score (nSPS) is 15.8. The second-order valence-corrected chi connectivity index (χ2v) is 8.71. The Labute approximate surface area is 189 Å². The summed E-state index contributed by atoms with van der Waals surface area (Å²) in [4.78, 5) is 12.5. The SMILES string of the molecule is COc1cc([C@H]2SCC(=O)Nc3c2c(C)nn3-c2ccc(C)c(Cl)c2)cc(OC)c1O. The van der Waals surface area contributed by atoms with Gasteiger partial charge in [0.25, 0.3) is 0 Å². The van der Waals surface area contributed by atoms with Gasteiger partial charge in [-0.15, -0.1) is 11.8 Å². The molecule has 0 saturated carbocycles. The van der Waals surface area contributed by atoms with Crippen molar-refractivity contribution in [2.75, 3.05) is 25.3 Å². The molecule has 1 aliphatic heterocycles. The molecule has 1 aromatic heterocycles. The number of fused-ring (bicyclic) bond motifs is 1. The van der Waals surface area contributed by atoms with Crippen LogP contribution in [0.5, 0.6) is 17.2 Å². The Morgan fingerprint density at radius 3 is 2.48 bits per heavy atom. The van der Waals surface area contributed by atoms with Crippen molar-refractivity contribution in [1.82, 2.24) is 9.78 Å². The first-order valence-electron chi connectivity index (χ1n) is 9.56. The maximum Gasteiger partial charge on any atom is 0.235 e. The van der Waals surface area contributed by atoms with Crippen molar-refractivity contribution in [3.8, 4) is 22.9 Å². The molecule has 0 fully saturated rings. The number of nitrogens with one attached hydrogen (secondary N) is 1. The molecule has 0 radical (unpaired) electrons. The zero-order chi connectivity index (χ0) is 22.3. The van der Waals surface area contributed by atoms with E-state index in [4.69, 9.17) is 26.2 Å². The van der Waals surface area contributed by atoms with E-state index in [1.807, 2.05) is 32.0 Å². The van der Waals surface area contributed by atoms with Gasteiger partial charge < -0.3 is 19.9 Å². The third-order valence-electron chi connectivity index (χ3n) is 5.21. The summed E-state index contributed by atoms with van der Waals surface area (Å²) in [6.07, 6.45) is 0. The fourth-order valence-electron chi connectivity index (χ4n) is 3.61. The van der Waals surface area contributed by atoms with Gasteiger partial charge in [-0.1, -0.05) is 17.7 Å². The number of nitrogens with zero attached hydrogens (tertiary/aromatic N) is 2. The van der Waals surface area contributed by atoms with Crippen molar-refractivity contribution in [3.63, 3.8) is 0 Å². The number of anilines is 1. The summed E-state index contributed by atoms with van der Waals surface area (Å²) in [5, 5.41) is 18.4. The van der Waals surface area contributed by atoms with E-state index in [9.17, 15) is 9.90 Å². The zero-order valence-electron chi connectivity index (χ0n) is 17.5. The highest BCUT2D eigenvalue weighted by Crippen LogP contribution is 2.48. The number of aromatic nitrogens is 2. The molecule has 31 heavy (non-hydrogen) atoms. The van der Waals surface area contributed by atoms with E-state index in [0.717, 1.165) is 28.1 Å². The molecular weight excluding hydrogens is 438 g/mol. The third-order valence-corrected chi connectivity index (χ3v) is 6.89. The molecule has 1 atom stereocenters. The first kappa shape index (κ1) is 21.4. The number of halogens is 1. The Morgan fingerprint density at radius 2 is 1.87 bits per heavy atom. The first-order chi connectivity index (χ1) is 14.8. The summed E-state index contributed by atoms with van der Waals surface area (Å²) >= 11 is 7.81. The van der Waals surface area contributed by atoms with Crippen LogP contribution < -0.4 is 14.8 Å². The number of aryl methyl sites for hydroxylation is 2. The number of methoxy groups -OCH3 is 2. The number of amides is 1. The zero-order valence-corrected chi connectivity index (χ0v) is 19.1. The number of hydrogen-bond donors (Lipinski definition) is 2. The van der Waals surface area contributed by atoms with Crippen LogP contribution in [0.3, 0.4) is 0 Å². The quantitative estimate of drug-likeness (QED) is 0.591. The van der Waals surface area contributed by atoms with Crippen LogP contribution in [0, 0.1) is 13.8 Å². The van der Waals surface area contributed by atoms with Gasteiger partial charge in [0.1, 0.15) is 5.82 Å². The largest absolute Gasteiger partial charge is 0.502 e. The first-order valence-corrected chi connectivity index (χ1v) is 11.0. The molecular formula is C22H22ClN3O4S. The maximum atomic E-state index is 12.5. The summed E-state index contributed by atoms with van der Waals surface area (Å²) in [5.41, 5.74) is 4.20. The molecule has 1 amide bonds.